The van der Waals surface area contributed by atoms with Gasteiger partial charge in [-0.25, -0.2) is 0 Å². The molecule has 1 unspecified atom stereocenters. The molecule has 2 saturated heterocycles. The van der Waals surface area contributed by atoms with Crippen LogP contribution in [0.2, 0.25) is 0 Å². The molecule has 2 aliphatic heterocycles. The molecule has 3 fully saturated rings. The molecular weight excluding hydrogens is 280 g/mol. The summed E-state index contributed by atoms with van der Waals surface area (Å²) in [5.74, 6) is 0.810. The van der Waals surface area contributed by atoms with Gasteiger partial charge < -0.3 is 14.9 Å². The number of nitrogens with zero attached hydrogens (tertiary/aromatic N) is 2. The highest BCUT2D eigenvalue weighted by molar-refractivity contribution is 5.79. The third-order valence-corrected chi connectivity index (χ3v) is 5.50. The van der Waals surface area contributed by atoms with Crippen LogP contribution in [-0.2, 0) is 4.79 Å². The van der Waals surface area contributed by atoms with Gasteiger partial charge in [0.05, 0.1) is 0 Å². The van der Waals surface area contributed by atoms with E-state index in [9.17, 15) is 9.59 Å². The Hall–Kier alpha value is -1.56. The van der Waals surface area contributed by atoms with E-state index in [-0.39, 0.29) is 17.4 Å². The number of likely N-dealkylation sites (tertiary alicyclic amines) is 2. The number of hydrogen-bond donors (Lipinski definition) is 2. The van der Waals surface area contributed by atoms with Gasteiger partial charge in [0.2, 0.25) is 5.91 Å². The van der Waals surface area contributed by atoms with Gasteiger partial charge >= 0.3 is 0 Å². The van der Waals surface area contributed by atoms with Crippen molar-refractivity contribution in [1.82, 2.24) is 20.0 Å². The molecular formula is C16H24N4O2. The van der Waals surface area contributed by atoms with Crippen molar-refractivity contribution in [2.75, 3.05) is 26.2 Å². The maximum atomic E-state index is 12.7. The molecule has 1 saturated carbocycles. The molecule has 1 aromatic rings. The number of piperidine rings is 1. The molecule has 6 heteroatoms. The fraction of sp³-hybridized carbons (Fsp3) is 0.750. The van der Waals surface area contributed by atoms with Gasteiger partial charge in [0.25, 0.3) is 5.56 Å². The molecule has 0 aromatic carbocycles. The molecule has 1 amide bonds. The van der Waals surface area contributed by atoms with Crippen molar-refractivity contribution in [2.24, 2.45) is 5.92 Å². The molecule has 3 heterocycles. The van der Waals surface area contributed by atoms with E-state index in [4.69, 9.17) is 0 Å². The maximum Gasteiger partial charge on any atom is 0.264 e. The van der Waals surface area contributed by atoms with Gasteiger partial charge in [-0.15, -0.1) is 0 Å². The minimum absolute atomic E-state index is 0.0905. The van der Waals surface area contributed by atoms with Crippen LogP contribution in [0, 0.1) is 5.92 Å². The summed E-state index contributed by atoms with van der Waals surface area (Å²) in [6.07, 6.45) is 5.66. The lowest BCUT2D eigenvalue weighted by atomic mass is 9.95. The van der Waals surface area contributed by atoms with E-state index in [0.29, 0.717) is 5.91 Å². The molecule has 4 rings (SSSR count). The van der Waals surface area contributed by atoms with Gasteiger partial charge in [0.15, 0.2) is 0 Å². The van der Waals surface area contributed by atoms with Crippen molar-refractivity contribution in [3.05, 3.63) is 22.1 Å². The van der Waals surface area contributed by atoms with E-state index in [0.717, 1.165) is 57.2 Å². The fourth-order valence-electron chi connectivity index (χ4n) is 3.99. The average Bonchev–Trinajstić information content (AvgIpc) is 3.11. The first-order valence-electron chi connectivity index (χ1n) is 8.51. The molecule has 0 spiro atoms. The van der Waals surface area contributed by atoms with Crippen molar-refractivity contribution in [3.63, 3.8) is 0 Å². The zero-order valence-corrected chi connectivity index (χ0v) is 12.9. The molecule has 0 bridgehead atoms. The molecule has 2 N–H and O–H groups in total. The Kier molecular flexibility index (Phi) is 3.56. The van der Waals surface area contributed by atoms with Crippen LogP contribution >= 0.6 is 0 Å². The van der Waals surface area contributed by atoms with Crippen LogP contribution < -0.4 is 5.56 Å². The van der Waals surface area contributed by atoms with E-state index >= 15 is 0 Å². The third-order valence-electron chi connectivity index (χ3n) is 5.50. The monoisotopic (exact) mass is 304 g/mol. The van der Waals surface area contributed by atoms with E-state index in [1.54, 1.807) is 6.07 Å². The Labute approximate surface area is 129 Å². The maximum absolute atomic E-state index is 12.7. The van der Waals surface area contributed by atoms with Crippen LogP contribution in [0.25, 0.3) is 0 Å². The predicted octanol–water partition coefficient (Wildman–Crippen LogP) is 0.893. The van der Waals surface area contributed by atoms with Gasteiger partial charge in [0.1, 0.15) is 0 Å². The van der Waals surface area contributed by atoms with Crippen molar-refractivity contribution >= 4 is 5.91 Å². The van der Waals surface area contributed by atoms with Crippen LogP contribution in [0.5, 0.6) is 0 Å². The van der Waals surface area contributed by atoms with E-state index in [1.807, 2.05) is 4.90 Å². The highest BCUT2D eigenvalue weighted by atomic mass is 16.2. The Balaban J connectivity index is 1.32. The lowest BCUT2D eigenvalue weighted by molar-refractivity contribution is -0.136. The zero-order valence-electron chi connectivity index (χ0n) is 12.9. The Morgan fingerprint density at radius 2 is 1.82 bits per heavy atom. The molecule has 0 radical (unpaired) electrons. The zero-order chi connectivity index (χ0) is 15.1. The molecule has 1 aliphatic carbocycles. The fourth-order valence-corrected chi connectivity index (χ4v) is 3.99. The first kappa shape index (κ1) is 14.1. The number of carbonyl (C=O) groups is 1. The van der Waals surface area contributed by atoms with Crippen molar-refractivity contribution in [3.8, 4) is 0 Å². The van der Waals surface area contributed by atoms with Crippen molar-refractivity contribution < 1.29 is 4.79 Å². The summed E-state index contributed by atoms with van der Waals surface area (Å²) in [5, 5.41) is 5.51. The summed E-state index contributed by atoms with van der Waals surface area (Å²) in [6, 6.07) is 2.44. The Bertz CT molecular complexity index is 595. The van der Waals surface area contributed by atoms with E-state index in [2.05, 4.69) is 15.1 Å². The largest absolute Gasteiger partial charge is 0.342 e. The molecule has 3 aliphatic rings. The summed E-state index contributed by atoms with van der Waals surface area (Å²) in [5.41, 5.74) is 0.844. The standard InChI is InChI=1S/C16H24N4O2/c21-15-9-14(17-18-15)12-5-8-20(10-12)16(22)11-3-6-19(7-4-11)13-1-2-13/h9,11-13H,1-8,10H2,(H2,17,18,21). The smallest absolute Gasteiger partial charge is 0.264 e. The number of H-pyrrole nitrogens is 2. The first-order valence-corrected chi connectivity index (χ1v) is 8.51. The Morgan fingerprint density at radius 1 is 1.05 bits per heavy atom. The quantitative estimate of drug-likeness (QED) is 0.871. The minimum atomic E-state index is -0.0905. The van der Waals surface area contributed by atoms with Crippen LogP contribution in [0.15, 0.2) is 10.9 Å². The number of rotatable bonds is 3. The minimum Gasteiger partial charge on any atom is -0.342 e. The normalized spacial score (nSPS) is 27.5. The van der Waals surface area contributed by atoms with E-state index in [1.165, 1.54) is 12.8 Å². The second kappa shape index (κ2) is 5.57. The molecule has 120 valence electrons. The molecule has 1 aromatic heterocycles. The predicted molar refractivity (Wildman–Crippen MR) is 82.7 cm³/mol. The molecule has 1 atom stereocenters. The average molecular weight is 304 g/mol. The number of amides is 1. The van der Waals surface area contributed by atoms with Crippen LogP contribution in [0.4, 0.5) is 0 Å². The summed E-state index contributed by atoms with van der Waals surface area (Å²) in [6.45, 7) is 3.74. The lowest BCUT2D eigenvalue weighted by Gasteiger charge is -2.33. The number of aromatic amines is 2. The van der Waals surface area contributed by atoms with Crippen molar-refractivity contribution in [2.45, 2.75) is 44.1 Å². The van der Waals surface area contributed by atoms with Crippen LogP contribution in [0.1, 0.15) is 43.7 Å². The Morgan fingerprint density at radius 3 is 2.45 bits per heavy atom. The number of carbonyl (C=O) groups excluding carboxylic acids is 1. The van der Waals surface area contributed by atoms with E-state index < -0.39 is 0 Å². The first-order chi connectivity index (χ1) is 10.7. The highest BCUT2D eigenvalue weighted by Gasteiger charge is 2.36. The van der Waals surface area contributed by atoms with Gasteiger partial charge in [0, 0.05) is 42.7 Å². The van der Waals surface area contributed by atoms with Gasteiger partial charge in [-0.3, -0.25) is 14.7 Å². The number of nitrogens with one attached hydrogen (secondary N) is 2. The second-order valence-electron chi connectivity index (χ2n) is 7.03. The summed E-state index contributed by atoms with van der Waals surface area (Å²) in [4.78, 5) is 28.5. The summed E-state index contributed by atoms with van der Waals surface area (Å²) >= 11 is 0. The topological polar surface area (TPSA) is 72.2 Å². The summed E-state index contributed by atoms with van der Waals surface area (Å²) in [7, 11) is 0. The molecule has 6 nitrogen and oxygen atoms in total. The SMILES string of the molecule is O=C(C1CCN(C2CC2)CC1)N1CCC(c2cc(=O)[nH][nH]2)C1. The summed E-state index contributed by atoms with van der Waals surface area (Å²) < 4.78 is 0. The van der Waals surface area contributed by atoms with Crippen molar-refractivity contribution in [1.29, 1.82) is 0 Å². The second-order valence-corrected chi connectivity index (χ2v) is 7.03. The van der Waals surface area contributed by atoms with Crippen LogP contribution in [-0.4, -0.2) is 58.1 Å². The lowest BCUT2D eigenvalue weighted by Crippen LogP contribution is -2.42. The van der Waals surface area contributed by atoms with Gasteiger partial charge in [-0.05, 0) is 45.2 Å². The van der Waals surface area contributed by atoms with Crippen LogP contribution in [0.3, 0.4) is 0 Å². The number of hydrogen-bond acceptors (Lipinski definition) is 3. The highest BCUT2D eigenvalue weighted by Crippen LogP contribution is 2.32. The molecule has 22 heavy (non-hydrogen) atoms. The van der Waals surface area contributed by atoms with Gasteiger partial charge in [-0.1, -0.05) is 0 Å². The number of aromatic nitrogens is 2. The van der Waals surface area contributed by atoms with Gasteiger partial charge in [-0.2, -0.15) is 0 Å². The third kappa shape index (κ3) is 2.72.